The lowest BCUT2D eigenvalue weighted by atomic mass is 10.2. The number of aldehydes is 1. The molecule has 0 aliphatic carbocycles. The molecule has 2 aromatic rings. The van der Waals surface area contributed by atoms with Crippen molar-refractivity contribution >= 4 is 43.6 Å². The van der Waals surface area contributed by atoms with Crippen LogP contribution in [0, 0.1) is 6.92 Å². The lowest BCUT2D eigenvalue weighted by Gasteiger charge is -1.97. The predicted octanol–water partition coefficient (Wildman–Crippen LogP) is 3.78. The van der Waals surface area contributed by atoms with Crippen molar-refractivity contribution in [3.8, 4) is 0 Å². The van der Waals surface area contributed by atoms with Gasteiger partial charge in [0.25, 0.3) is 0 Å². The number of fused-ring (bicyclic) bond motifs is 1. The molecule has 0 amide bonds. The zero-order valence-corrected chi connectivity index (χ0v) is 9.41. The number of hydrogen-bond acceptors (Lipinski definition) is 2. The van der Waals surface area contributed by atoms with Crippen LogP contribution >= 0.6 is 27.3 Å². The molecule has 66 valence electrons. The van der Waals surface area contributed by atoms with Crippen LogP contribution in [0.25, 0.3) is 10.1 Å². The molecule has 0 radical (unpaired) electrons. The Labute approximate surface area is 88.5 Å². The normalized spacial score (nSPS) is 10.6. The molecule has 1 nitrogen and oxygen atoms in total. The van der Waals surface area contributed by atoms with E-state index in [4.69, 9.17) is 0 Å². The standard InChI is InChI=1S/C10H7BrOS/c1-6-9(11)3-2-7-4-8(5-12)13-10(6)7/h2-5H,1H3. The van der Waals surface area contributed by atoms with Crippen molar-refractivity contribution in [3.05, 3.63) is 33.1 Å². The minimum atomic E-state index is 0.788. The Bertz CT molecular complexity index is 473. The number of carbonyl (C=O) groups excluding carboxylic acids is 1. The second kappa shape index (κ2) is 3.24. The first-order chi connectivity index (χ1) is 6.22. The molecule has 0 spiro atoms. The number of hydrogen-bond donors (Lipinski definition) is 0. The van der Waals surface area contributed by atoms with Gasteiger partial charge in [0, 0.05) is 9.17 Å². The van der Waals surface area contributed by atoms with Gasteiger partial charge in [-0.2, -0.15) is 0 Å². The van der Waals surface area contributed by atoms with Crippen LogP contribution in [-0.2, 0) is 0 Å². The van der Waals surface area contributed by atoms with Gasteiger partial charge in [0.1, 0.15) is 0 Å². The van der Waals surface area contributed by atoms with E-state index >= 15 is 0 Å². The van der Waals surface area contributed by atoms with Gasteiger partial charge in [-0.05, 0) is 30.0 Å². The molecule has 0 atom stereocenters. The quantitative estimate of drug-likeness (QED) is 0.708. The van der Waals surface area contributed by atoms with Gasteiger partial charge in [0.05, 0.1) is 4.88 Å². The van der Waals surface area contributed by atoms with Crippen LogP contribution in [-0.4, -0.2) is 6.29 Å². The minimum absolute atomic E-state index is 0.788. The van der Waals surface area contributed by atoms with E-state index in [0.29, 0.717) is 0 Å². The van der Waals surface area contributed by atoms with E-state index < -0.39 is 0 Å². The Morgan fingerprint density at radius 1 is 1.46 bits per heavy atom. The molecule has 0 fully saturated rings. The van der Waals surface area contributed by atoms with Gasteiger partial charge in [-0.25, -0.2) is 0 Å². The minimum Gasteiger partial charge on any atom is -0.297 e. The van der Waals surface area contributed by atoms with E-state index in [1.54, 1.807) is 0 Å². The Balaban J connectivity index is 2.83. The fourth-order valence-electron chi connectivity index (χ4n) is 1.30. The van der Waals surface area contributed by atoms with Crippen LogP contribution in [0.1, 0.15) is 15.2 Å². The molecule has 0 unspecified atom stereocenters. The van der Waals surface area contributed by atoms with Crippen molar-refractivity contribution in [3.63, 3.8) is 0 Å². The highest BCUT2D eigenvalue weighted by Gasteiger charge is 2.05. The Hall–Kier alpha value is -0.670. The third kappa shape index (κ3) is 1.42. The van der Waals surface area contributed by atoms with Crippen LogP contribution in [0.3, 0.4) is 0 Å². The van der Waals surface area contributed by atoms with Crippen LogP contribution in [0.15, 0.2) is 22.7 Å². The van der Waals surface area contributed by atoms with Crippen LogP contribution in [0.5, 0.6) is 0 Å². The third-order valence-electron chi connectivity index (χ3n) is 2.00. The van der Waals surface area contributed by atoms with Gasteiger partial charge in [-0.3, -0.25) is 4.79 Å². The third-order valence-corrected chi connectivity index (χ3v) is 4.06. The highest BCUT2D eigenvalue weighted by Crippen LogP contribution is 2.31. The molecular weight excluding hydrogens is 248 g/mol. The molecule has 0 aliphatic rings. The SMILES string of the molecule is Cc1c(Br)ccc2cc(C=O)sc12. The van der Waals surface area contributed by atoms with Crippen molar-refractivity contribution in [2.45, 2.75) is 6.92 Å². The maximum atomic E-state index is 10.6. The van der Waals surface area contributed by atoms with Gasteiger partial charge in [-0.15, -0.1) is 11.3 Å². The molecule has 2 rings (SSSR count). The fraction of sp³-hybridized carbons (Fsp3) is 0.100. The van der Waals surface area contributed by atoms with Crippen LogP contribution in [0.4, 0.5) is 0 Å². The summed E-state index contributed by atoms with van der Waals surface area (Å²) in [4.78, 5) is 11.4. The van der Waals surface area contributed by atoms with Crippen molar-refractivity contribution in [1.82, 2.24) is 0 Å². The second-order valence-corrected chi connectivity index (χ2v) is 4.80. The van der Waals surface area contributed by atoms with E-state index in [9.17, 15) is 4.79 Å². The highest BCUT2D eigenvalue weighted by atomic mass is 79.9. The first-order valence-corrected chi connectivity index (χ1v) is 5.47. The molecule has 1 aromatic carbocycles. The van der Waals surface area contributed by atoms with Gasteiger partial charge >= 0.3 is 0 Å². The number of thiophene rings is 1. The van der Waals surface area contributed by atoms with Crippen molar-refractivity contribution in [2.24, 2.45) is 0 Å². The molecule has 13 heavy (non-hydrogen) atoms. The van der Waals surface area contributed by atoms with E-state index in [1.807, 2.05) is 18.2 Å². The van der Waals surface area contributed by atoms with E-state index in [-0.39, 0.29) is 0 Å². The Kier molecular flexibility index (Phi) is 2.22. The predicted molar refractivity (Wildman–Crippen MR) is 59.6 cm³/mol. The lowest BCUT2D eigenvalue weighted by molar-refractivity contribution is 0.112. The average molecular weight is 255 g/mol. The molecule has 1 heterocycles. The number of carbonyl (C=O) groups is 1. The fourth-order valence-corrected chi connectivity index (χ4v) is 2.74. The molecule has 0 N–H and O–H groups in total. The van der Waals surface area contributed by atoms with Crippen molar-refractivity contribution in [2.75, 3.05) is 0 Å². The maximum absolute atomic E-state index is 10.6. The summed E-state index contributed by atoms with van der Waals surface area (Å²) >= 11 is 5.01. The number of halogens is 1. The first-order valence-electron chi connectivity index (χ1n) is 3.86. The molecule has 1 aromatic heterocycles. The van der Waals surface area contributed by atoms with Gasteiger partial charge in [-0.1, -0.05) is 22.0 Å². The summed E-state index contributed by atoms with van der Waals surface area (Å²) in [5, 5.41) is 1.15. The summed E-state index contributed by atoms with van der Waals surface area (Å²) in [6.07, 6.45) is 0.901. The maximum Gasteiger partial charge on any atom is 0.160 e. The molecule has 3 heteroatoms. The molecular formula is C10H7BrOS. The van der Waals surface area contributed by atoms with E-state index in [1.165, 1.54) is 21.6 Å². The molecule has 0 aliphatic heterocycles. The van der Waals surface area contributed by atoms with Crippen LogP contribution < -0.4 is 0 Å². The monoisotopic (exact) mass is 254 g/mol. The summed E-state index contributed by atoms with van der Waals surface area (Å²) in [6, 6.07) is 5.96. The van der Waals surface area contributed by atoms with Crippen molar-refractivity contribution in [1.29, 1.82) is 0 Å². The second-order valence-electron chi connectivity index (χ2n) is 2.86. The molecule has 0 bridgehead atoms. The Morgan fingerprint density at radius 3 is 2.92 bits per heavy atom. The van der Waals surface area contributed by atoms with Gasteiger partial charge in [0.15, 0.2) is 6.29 Å². The first kappa shape index (κ1) is 8.91. The smallest absolute Gasteiger partial charge is 0.160 e. The largest absolute Gasteiger partial charge is 0.297 e. The zero-order chi connectivity index (χ0) is 9.42. The van der Waals surface area contributed by atoms with Crippen molar-refractivity contribution < 1.29 is 4.79 Å². The summed E-state index contributed by atoms with van der Waals surface area (Å²) < 4.78 is 2.29. The lowest BCUT2D eigenvalue weighted by Crippen LogP contribution is -1.73. The molecule has 0 saturated heterocycles. The Morgan fingerprint density at radius 2 is 2.23 bits per heavy atom. The average Bonchev–Trinajstić information content (AvgIpc) is 2.55. The zero-order valence-electron chi connectivity index (χ0n) is 7.00. The topological polar surface area (TPSA) is 17.1 Å². The van der Waals surface area contributed by atoms with E-state index in [2.05, 4.69) is 22.9 Å². The number of benzene rings is 1. The number of aryl methyl sites for hydroxylation is 1. The van der Waals surface area contributed by atoms with Crippen LogP contribution in [0.2, 0.25) is 0 Å². The highest BCUT2D eigenvalue weighted by molar-refractivity contribution is 9.10. The van der Waals surface area contributed by atoms with Gasteiger partial charge in [0.2, 0.25) is 0 Å². The number of rotatable bonds is 1. The summed E-state index contributed by atoms with van der Waals surface area (Å²) in [5.41, 5.74) is 1.20. The summed E-state index contributed by atoms with van der Waals surface area (Å²) in [6.45, 7) is 2.05. The summed E-state index contributed by atoms with van der Waals surface area (Å²) in [7, 11) is 0. The molecule has 0 saturated carbocycles. The van der Waals surface area contributed by atoms with E-state index in [0.717, 1.165) is 21.0 Å². The summed E-state index contributed by atoms with van der Waals surface area (Å²) in [5.74, 6) is 0. The van der Waals surface area contributed by atoms with Gasteiger partial charge < -0.3 is 0 Å².